The third kappa shape index (κ3) is 4.09. The van der Waals surface area contributed by atoms with Crippen molar-refractivity contribution >= 4 is 5.91 Å². The van der Waals surface area contributed by atoms with Gasteiger partial charge in [0.05, 0.1) is 26.0 Å². The molecule has 1 unspecified atom stereocenters. The first-order valence-corrected chi connectivity index (χ1v) is 9.88. The molecule has 1 N–H and O–H groups in total. The molecular weight excluding hydrogens is 356 g/mol. The maximum absolute atomic E-state index is 12.5. The maximum atomic E-state index is 12.5. The Hall–Kier alpha value is -2.67. The van der Waals surface area contributed by atoms with Crippen LogP contribution in [-0.2, 0) is 17.9 Å². The molecule has 1 aromatic carbocycles. The highest BCUT2D eigenvalue weighted by Gasteiger charge is 2.27. The summed E-state index contributed by atoms with van der Waals surface area (Å²) in [5, 5.41) is 11.3. The van der Waals surface area contributed by atoms with E-state index in [2.05, 4.69) is 21.7 Å². The Labute approximate surface area is 164 Å². The number of carbonyl (C=O) groups excluding carboxylic acids is 1. The molecule has 0 saturated heterocycles. The van der Waals surface area contributed by atoms with Crippen molar-refractivity contribution in [2.24, 2.45) is 0 Å². The van der Waals surface area contributed by atoms with Gasteiger partial charge in [-0.3, -0.25) is 4.79 Å². The topological polar surface area (TPSA) is 78.3 Å². The van der Waals surface area contributed by atoms with Gasteiger partial charge in [-0.25, -0.2) is 4.68 Å². The van der Waals surface area contributed by atoms with Gasteiger partial charge in [-0.1, -0.05) is 29.0 Å². The van der Waals surface area contributed by atoms with Gasteiger partial charge in [-0.05, 0) is 49.8 Å². The normalized spacial score (nSPS) is 18.9. The number of amides is 1. The molecule has 2 aliphatic rings. The van der Waals surface area contributed by atoms with Crippen LogP contribution in [0.4, 0.5) is 0 Å². The summed E-state index contributed by atoms with van der Waals surface area (Å²) in [6.07, 6.45) is 7.94. The van der Waals surface area contributed by atoms with Crippen LogP contribution in [0.15, 0.2) is 35.9 Å². The van der Waals surface area contributed by atoms with E-state index < -0.39 is 0 Å². The Morgan fingerprint density at radius 1 is 1.32 bits per heavy atom. The molecule has 1 atom stereocenters. The third-order valence-corrected chi connectivity index (χ3v) is 5.42. The number of carbonyl (C=O) groups is 1. The first kappa shape index (κ1) is 18.7. The van der Waals surface area contributed by atoms with Crippen LogP contribution in [-0.4, -0.2) is 34.6 Å². The zero-order valence-electron chi connectivity index (χ0n) is 16.2. The summed E-state index contributed by atoms with van der Waals surface area (Å²) in [4.78, 5) is 12.5. The lowest BCUT2D eigenvalue weighted by atomic mass is 9.97. The summed E-state index contributed by atoms with van der Waals surface area (Å²) in [7, 11) is 1.65. The number of fused-ring (bicyclic) bond motifs is 1. The molecule has 0 bridgehead atoms. The molecule has 28 heavy (non-hydrogen) atoms. The van der Waals surface area contributed by atoms with Crippen molar-refractivity contribution in [1.82, 2.24) is 20.3 Å². The monoisotopic (exact) mass is 382 g/mol. The van der Waals surface area contributed by atoms with Crippen molar-refractivity contribution in [2.75, 3.05) is 13.7 Å². The fourth-order valence-electron chi connectivity index (χ4n) is 3.76. The third-order valence-electron chi connectivity index (χ3n) is 5.42. The highest BCUT2D eigenvalue weighted by molar-refractivity contribution is 5.93. The largest absolute Gasteiger partial charge is 0.497 e. The SMILES string of the molecule is COc1ccc(C2Cn3nnc(C(=O)NCCC4=CCCCC4)c3CO2)cc1. The molecule has 1 aliphatic heterocycles. The molecule has 2 heterocycles. The minimum Gasteiger partial charge on any atom is -0.497 e. The Kier molecular flexibility index (Phi) is 5.71. The average molecular weight is 382 g/mol. The van der Waals surface area contributed by atoms with Gasteiger partial charge in [-0.2, -0.15) is 0 Å². The summed E-state index contributed by atoms with van der Waals surface area (Å²) < 4.78 is 13.0. The van der Waals surface area contributed by atoms with Gasteiger partial charge in [0.15, 0.2) is 5.69 Å². The van der Waals surface area contributed by atoms with Crippen molar-refractivity contribution in [3.8, 4) is 5.75 Å². The predicted molar refractivity (Wildman–Crippen MR) is 104 cm³/mol. The van der Waals surface area contributed by atoms with Crippen molar-refractivity contribution in [3.05, 3.63) is 52.9 Å². The van der Waals surface area contributed by atoms with Crippen LogP contribution in [0.5, 0.6) is 5.75 Å². The summed E-state index contributed by atoms with van der Waals surface area (Å²) in [5.41, 5.74) is 3.60. The van der Waals surface area contributed by atoms with Gasteiger partial charge in [0.2, 0.25) is 0 Å². The van der Waals surface area contributed by atoms with Crippen LogP contribution in [0.1, 0.15) is 60.0 Å². The van der Waals surface area contributed by atoms with E-state index in [0.29, 0.717) is 25.4 Å². The maximum Gasteiger partial charge on any atom is 0.273 e. The molecule has 148 valence electrons. The van der Waals surface area contributed by atoms with Crippen LogP contribution < -0.4 is 10.1 Å². The Morgan fingerprint density at radius 2 is 2.18 bits per heavy atom. The van der Waals surface area contributed by atoms with Gasteiger partial charge in [0, 0.05) is 6.54 Å². The van der Waals surface area contributed by atoms with E-state index in [4.69, 9.17) is 9.47 Å². The Balaban J connectivity index is 1.36. The van der Waals surface area contributed by atoms with Crippen LogP contribution in [0.2, 0.25) is 0 Å². The number of rotatable bonds is 6. The highest BCUT2D eigenvalue weighted by atomic mass is 16.5. The second kappa shape index (κ2) is 8.56. The van der Waals surface area contributed by atoms with Crippen molar-refractivity contribution in [2.45, 2.75) is 51.4 Å². The molecule has 0 fully saturated rings. The van der Waals surface area contributed by atoms with E-state index in [1.165, 1.54) is 18.4 Å². The lowest BCUT2D eigenvalue weighted by molar-refractivity contribution is -0.00179. The Bertz CT molecular complexity index is 857. The van der Waals surface area contributed by atoms with Gasteiger partial charge in [-0.15, -0.1) is 5.10 Å². The van der Waals surface area contributed by atoms with Gasteiger partial charge >= 0.3 is 0 Å². The minimum atomic E-state index is -0.177. The molecular formula is C21H26N4O3. The number of ether oxygens (including phenoxy) is 2. The fraction of sp³-hybridized carbons (Fsp3) is 0.476. The summed E-state index contributed by atoms with van der Waals surface area (Å²) in [6.45, 7) is 1.48. The molecule has 7 nitrogen and oxygen atoms in total. The first-order valence-electron chi connectivity index (χ1n) is 9.88. The number of hydrogen-bond acceptors (Lipinski definition) is 5. The quantitative estimate of drug-likeness (QED) is 0.777. The van der Waals surface area contributed by atoms with E-state index in [9.17, 15) is 4.79 Å². The molecule has 0 saturated carbocycles. The number of benzene rings is 1. The number of nitrogens with one attached hydrogen (secondary N) is 1. The molecule has 1 aromatic heterocycles. The van der Waals surface area contributed by atoms with Crippen LogP contribution >= 0.6 is 0 Å². The molecule has 1 aliphatic carbocycles. The van der Waals surface area contributed by atoms with Gasteiger partial charge in [0.1, 0.15) is 11.9 Å². The Morgan fingerprint density at radius 3 is 2.93 bits per heavy atom. The summed E-state index contributed by atoms with van der Waals surface area (Å²) in [5.74, 6) is 0.633. The zero-order chi connectivity index (χ0) is 19.3. The number of aromatic nitrogens is 3. The number of methoxy groups -OCH3 is 1. The van der Waals surface area contributed by atoms with E-state index in [1.807, 2.05) is 24.3 Å². The molecule has 1 amide bonds. The lowest BCUT2D eigenvalue weighted by Gasteiger charge is -2.24. The standard InChI is InChI=1S/C21H26N4O3/c1-27-17-9-7-16(8-10-17)19-13-25-18(14-28-19)20(23-24-25)21(26)22-12-11-15-5-3-2-4-6-15/h5,7-10,19H,2-4,6,11-14H2,1H3,(H,22,26). The molecule has 0 radical (unpaired) electrons. The van der Waals surface area contributed by atoms with Crippen LogP contribution in [0.25, 0.3) is 0 Å². The highest BCUT2D eigenvalue weighted by Crippen LogP contribution is 2.28. The van der Waals surface area contributed by atoms with Crippen molar-refractivity contribution in [1.29, 1.82) is 0 Å². The zero-order valence-corrected chi connectivity index (χ0v) is 16.2. The number of allylic oxidation sites excluding steroid dienone is 1. The minimum absolute atomic E-state index is 0.116. The van der Waals surface area contributed by atoms with Crippen molar-refractivity contribution in [3.63, 3.8) is 0 Å². The summed E-state index contributed by atoms with van der Waals surface area (Å²) >= 11 is 0. The van der Waals surface area contributed by atoms with Crippen molar-refractivity contribution < 1.29 is 14.3 Å². The lowest BCUT2D eigenvalue weighted by Crippen LogP contribution is -2.28. The predicted octanol–water partition coefficient (Wildman–Crippen LogP) is 3.18. The van der Waals surface area contributed by atoms with E-state index >= 15 is 0 Å². The molecule has 7 heteroatoms. The summed E-state index contributed by atoms with van der Waals surface area (Å²) in [6, 6.07) is 7.80. The van der Waals surface area contributed by atoms with E-state index in [-0.39, 0.29) is 12.0 Å². The molecule has 0 spiro atoms. The smallest absolute Gasteiger partial charge is 0.273 e. The van der Waals surface area contributed by atoms with E-state index in [0.717, 1.165) is 36.3 Å². The molecule has 4 rings (SSSR count). The van der Waals surface area contributed by atoms with E-state index in [1.54, 1.807) is 11.8 Å². The van der Waals surface area contributed by atoms with Gasteiger partial charge < -0.3 is 14.8 Å². The molecule has 2 aromatic rings. The number of hydrogen-bond donors (Lipinski definition) is 1. The number of nitrogens with zero attached hydrogens (tertiary/aromatic N) is 3. The van der Waals surface area contributed by atoms with Crippen LogP contribution in [0.3, 0.4) is 0 Å². The first-order chi connectivity index (χ1) is 13.7. The second-order valence-electron chi connectivity index (χ2n) is 7.25. The fourth-order valence-corrected chi connectivity index (χ4v) is 3.76. The van der Waals surface area contributed by atoms with Gasteiger partial charge in [0.25, 0.3) is 5.91 Å². The second-order valence-corrected chi connectivity index (χ2v) is 7.25. The van der Waals surface area contributed by atoms with Crippen LogP contribution in [0, 0.1) is 0 Å². The average Bonchev–Trinajstić information content (AvgIpc) is 3.18.